The molecule has 0 bridgehead atoms. The summed E-state index contributed by atoms with van der Waals surface area (Å²) in [4.78, 5) is 12.4. The highest BCUT2D eigenvalue weighted by molar-refractivity contribution is 5.84. The van der Waals surface area contributed by atoms with Crippen LogP contribution in [0.1, 0.15) is 18.9 Å². The van der Waals surface area contributed by atoms with E-state index in [1.165, 1.54) is 5.56 Å². The molecular weight excluding hydrogens is 310 g/mol. The summed E-state index contributed by atoms with van der Waals surface area (Å²) in [6.45, 7) is 2.57. The number of carbonyl (C=O) groups excluding carboxylic acids is 1. The van der Waals surface area contributed by atoms with Crippen LogP contribution >= 0.6 is 0 Å². The van der Waals surface area contributed by atoms with E-state index >= 15 is 0 Å². The van der Waals surface area contributed by atoms with Crippen LogP contribution in [0, 0.1) is 0 Å². The zero-order valence-electron chi connectivity index (χ0n) is 14.4. The van der Waals surface area contributed by atoms with Gasteiger partial charge in [-0.1, -0.05) is 67.6 Å². The Labute approximate surface area is 148 Å². The van der Waals surface area contributed by atoms with E-state index in [0.717, 1.165) is 22.9 Å². The molecule has 3 aromatic rings. The summed E-state index contributed by atoms with van der Waals surface area (Å²) in [5.74, 6) is 0.662. The Morgan fingerprint density at radius 2 is 1.68 bits per heavy atom. The molecule has 128 valence electrons. The van der Waals surface area contributed by atoms with Gasteiger partial charge < -0.3 is 10.1 Å². The van der Waals surface area contributed by atoms with Crippen molar-refractivity contribution >= 4 is 16.7 Å². The fraction of sp³-hybridized carbons (Fsp3) is 0.227. The van der Waals surface area contributed by atoms with E-state index < -0.39 is 6.10 Å². The SMILES string of the molecule is CC[C@H](Oc1ccc2ccccc2c1)C(=O)NCCc1ccccc1. The molecule has 0 saturated heterocycles. The lowest BCUT2D eigenvalue weighted by molar-refractivity contribution is -0.128. The van der Waals surface area contributed by atoms with Crippen molar-refractivity contribution in [1.29, 1.82) is 0 Å². The first-order valence-corrected chi connectivity index (χ1v) is 8.73. The zero-order valence-corrected chi connectivity index (χ0v) is 14.4. The number of hydrogen-bond acceptors (Lipinski definition) is 2. The smallest absolute Gasteiger partial charge is 0.261 e. The first-order chi connectivity index (χ1) is 12.3. The molecule has 0 spiro atoms. The predicted octanol–water partition coefficient (Wildman–Crippen LogP) is 4.36. The van der Waals surface area contributed by atoms with Gasteiger partial charge in [0.25, 0.3) is 5.91 Å². The number of carbonyl (C=O) groups is 1. The molecule has 1 atom stereocenters. The van der Waals surface area contributed by atoms with E-state index in [0.29, 0.717) is 13.0 Å². The predicted molar refractivity (Wildman–Crippen MR) is 102 cm³/mol. The molecular formula is C22H23NO2. The Morgan fingerprint density at radius 3 is 2.44 bits per heavy atom. The van der Waals surface area contributed by atoms with E-state index in [-0.39, 0.29) is 5.91 Å². The second-order valence-electron chi connectivity index (χ2n) is 6.05. The summed E-state index contributed by atoms with van der Waals surface area (Å²) in [5.41, 5.74) is 1.21. The minimum Gasteiger partial charge on any atom is -0.481 e. The third-order valence-electron chi connectivity index (χ3n) is 4.22. The molecule has 0 fully saturated rings. The van der Waals surface area contributed by atoms with Crippen molar-refractivity contribution in [2.24, 2.45) is 0 Å². The number of nitrogens with one attached hydrogen (secondary N) is 1. The van der Waals surface area contributed by atoms with Crippen molar-refractivity contribution in [3.8, 4) is 5.75 Å². The van der Waals surface area contributed by atoms with Crippen LogP contribution in [0.15, 0.2) is 72.8 Å². The normalized spacial score (nSPS) is 11.9. The fourth-order valence-corrected chi connectivity index (χ4v) is 2.82. The Balaban J connectivity index is 1.57. The van der Waals surface area contributed by atoms with Gasteiger partial charge in [0.2, 0.25) is 0 Å². The van der Waals surface area contributed by atoms with Crippen LogP contribution in [0.3, 0.4) is 0 Å². The second-order valence-corrected chi connectivity index (χ2v) is 6.05. The monoisotopic (exact) mass is 333 g/mol. The standard InChI is InChI=1S/C22H23NO2/c1-2-21(22(24)23-15-14-17-8-4-3-5-9-17)25-20-13-12-18-10-6-7-11-19(18)16-20/h3-13,16,21H,2,14-15H2,1H3,(H,23,24)/t21-/m0/s1. The molecule has 0 unspecified atom stereocenters. The second kappa shape index (κ2) is 8.34. The molecule has 1 N–H and O–H groups in total. The van der Waals surface area contributed by atoms with Crippen molar-refractivity contribution in [3.63, 3.8) is 0 Å². The molecule has 0 aliphatic rings. The van der Waals surface area contributed by atoms with Gasteiger partial charge in [0.15, 0.2) is 6.10 Å². The van der Waals surface area contributed by atoms with Crippen LogP contribution in [-0.4, -0.2) is 18.6 Å². The third kappa shape index (κ3) is 4.60. The molecule has 3 nitrogen and oxygen atoms in total. The number of amides is 1. The first kappa shape index (κ1) is 17.0. The van der Waals surface area contributed by atoms with Gasteiger partial charge in [0, 0.05) is 6.54 Å². The first-order valence-electron chi connectivity index (χ1n) is 8.73. The molecule has 3 rings (SSSR count). The van der Waals surface area contributed by atoms with Gasteiger partial charge in [-0.05, 0) is 41.3 Å². The van der Waals surface area contributed by atoms with Gasteiger partial charge in [0.1, 0.15) is 5.75 Å². The summed E-state index contributed by atoms with van der Waals surface area (Å²) in [6.07, 6.45) is 0.972. The highest BCUT2D eigenvalue weighted by atomic mass is 16.5. The van der Waals surface area contributed by atoms with Gasteiger partial charge in [0.05, 0.1) is 0 Å². The van der Waals surface area contributed by atoms with Crippen LogP contribution in [-0.2, 0) is 11.2 Å². The third-order valence-corrected chi connectivity index (χ3v) is 4.22. The van der Waals surface area contributed by atoms with Crippen LogP contribution in [0.5, 0.6) is 5.75 Å². The maximum atomic E-state index is 12.4. The summed E-state index contributed by atoms with van der Waals surface area (Å²) in [5, 5.41) is 5.25. The lowest BCUT2D eigenvalue weighted by Gasteiger charge is -2.17. The lowest BCUT2D eigenvalue weighted by atomic mass is 10.1. The van der Waals surface area contributed by atoms with E-state index in [1.54, 1.807) is 0 Å². The van der Waals surface area contributed by atoms with E-state index in [2.05, 4.69) is 23.5 Å². The minimum absolute atomic E-state index is 0.0633. The van der Waals surface area contributed by atoms with E-state index in [9.17, 15) is 4.79 Å². The summed E-state index contributed by atoms with van der Waals surface area (Å²) < 4.78 is 5.92. The molecule has 3 aromatic carbocycles. The number of hydrogen-bond donors (Lipinski definition) is 1. The maximum Gasteiger partial charge on any atom is 0.261 e. The lowest BCUT2D eigenvalue weighted by Crippen LogP contribution is -2.38. The number of fused-ring (bicyclic) bond motifs is 1. The highest BCUT2D eigenvalue weighted by Gasteiger charge is 2.17. The zero-order chi connectivity index (χ0) is 17.5. The van der Waals surface area contributed by atoms with Gasteiger partial charge in [-0.2, -0.15) is 0 Å². The topological polar surface area (TPSA) is 38.3 Å². The quantitative estimate of drug-likeness (QED) is 0.698. The van der Waals surface area contributed by atoms with E-state index in [1.807, 2.05) is 61.5 Å². The summed E-state index contributed by atoms with van der Waals surface area (Å²) in [7, 11) is 0. The number of rotatable bonds is 7. The Bertz CT molecular complexity index is 830. The largest absolute Gasteiger partial charge is 0.481 e. The molecule has 0 aromatic heterocycles. The molecule has 1 amide bonds. The maximum absolute atomic E-state index is 12.4. The Kier molecular flexibility index (Phi) is 5.68. The number of benzene rings is 3. The van der Waals surface area contributed by atoms with Crippen LogP contribution in [0.25, 0.3) is 10.8 Å². The molecule has 3 heteroatoms. The van der Waals surface area contributed by atoms with Gasteiger partial charge in [-0.25, -0.2) is 0 Å². The average Bonchev–Trinajstić information content (AvgIpc) is 2.66. The number of ether oxygens (including phenoxy) is 1. The summed E-state index contributed by atoms with van der Waals surface area (Å²) >= 11 is 0. The van der Waals surface area contributed by atoms with Crippen molar-refractivity contribution in [3.05, 3.63) is 78.4 Å². The molecule has 0 radical (unpaired) electrons. The van der Waals surface area contributed by atoms with Crippen LogP contribution in [0.2, 0.25) is 0 Å². The van der Waals surface area contributed by atoms with Crippen molar-refractivity contribution in [2.45, 2.75) is 25.9 Å². The Hall–Kier alpha value is -2.81. The molecule has 0 saturated carbocycles. The van der Waals surface area contributed by atoms with Gasteiger partial charge in [-0.15, -0.1) is 0 Å². The Morgan fingerprint density at radius 1 is 0.960 bits per heavy atom. The van der Waals surface area contributed by atoms with Crippen LogP contribution < -0.4 is 10.1 Å². The van der Waals surface area contributed by atoms with Crippen molar-refractivity contribution < 1.29 is 9.53 Å². The molecule has 0 heterocycles. The van der Waals surface area contributed by atoms with Crippen LogP contribution in [0.4, 0.5) is 0 Å². The minimum atomic E-state index is -0.475. The van der Waals surface area contributed by atoms with Crippen molar-refractivity contribution in [1.82, 2.24) is 5.32 Å². The molecule has 25 heavy (non-hydrogen) atoms. The molecule has 0 aliphatic heterocycles. The summed E-state index contributed by atoms with van der Waals surface area (Å²) in [6, 6.07) is 24.2. The van der Waals surface area contributed by atoms with E-state index in [4.69, 9.17) is 4.74 Å². The van der Waals surface area contributed by atoms with Crippen molar-refractivity contribution in [2.75, 3.05) is 6.54 Å². The highest BCUT2D eigenvalue weighted by Crippen LogP contribution is 2.22. The van der Waals surface area contributed by atoms with Gasteiger partial charge >= 0.3 is 0 Å². The molecule has 0 aliphatic carbocycles. The fourth-order valence-electron chi connectivity index (χ4n) is 2.82. The van der Waals surface area contributed by atoms with Gasteiger partial charge in [-0.3, -0.25) is 4.79 Å². The average molecular weight is 333 g/mol.